The molecular formula is C27H23FN6O4. The first-order valence-corrected chi connectivity index (χ1v) is 11.5. The van der Waals surface area contributed by atoms with Crippen LogP contribution in [-0.4, -0.2) is 38.1 Å². The van der Waals surface area contributed by atoms with Gasteiger partial charge in [0.2, 0.25) is 0 Å². The first-order chi connectivity index (χ1) is 18.2. The molecule has 4 aromatic rings. The predicted molar refractivity (Wildman–Crippen MR) is 135 cm³/mol. The molecular weight excluding hydrogens is 491 g/mol. The van der Waals surface area contributed by atoms with Crippen LogP contribution >= 0.6 is 0 Å². The molecule has 1 amide bonds. The van der Waals surface area contributed by atoms with Crippen LogP contribution in [0.1, 0.15) is 33.4 Å². The summed E-state index contributed by atoms with van der Waals surface area (Å²) in [5, 5.41) is 13.8. The Kier molecular flexibility index (Phi) is 7.43. The summed E-state index contributed by atoms with van der Waals surface area (Å²) in [4.78, 5) is 42.2. The minimum absolute atomic E-state index is 0.0665. The van der Waals surface area contributed by atoms with Crippen molar-refractivity contribution in [1.29, 1.82) is 5.26 Å². The van der Waals surface area contributed by atoms with Crippen molar-refractivity contribution in [3.63, 3.8) is 0 Å². The number of aryl methyl sites for hydroxylation is 1. The summed E-state index contributed by atoms with van der Waals surface area (Å²) in [7, 11) is 3.11. The molecule has 10 nitrogen and oxygen atoms in total. The molecule has 0 fully saturated rings. The minimum Gasteiger partial charge on any atom is -0.495 e. The number of benzene rings is 1. The van der Waals surface area contributed by atoms with Gasteiger partial charge in [-0.1, -0.05) is 6.07 Å². The van der Waals surface area contributed by atoms with E-state index in [9.17, 15) is 24.0 Å². The number of nitrogens with two attached hydrogens (primary N) is 1. The van der Waals surface area contributed by atoms with Crippen LogP contribution in [0.5, 0.6) is 5.75 Å². The number of methoxy groups -OCH3 is 1. The summed E-state index contributed by atoms with van der Waals surface area (Å²) < 4.78 is 22.4. The standard InChI is InChI=1S/C27H23FN6O4/c1-33-8-7-19(32-33)11-23(24(35)9-16-3-6-22(27(30)37)31-14-16)34-15-25(38-2)21(12-26(34)36)20-10-18(28)5-4-17(20)13-29/h3-8,10,12,14-15,23H,9,11H2,1-2H3,(H2,30,37). The molecule has 1 aromatic carbocycles. The fourth-order valence-corrected chi connectivity index (χ4v) is 4.11. The van der Waals surface area contributed by atoms with E-state index in [1.165, 1.54) is 42.3 Å². The number of hydrogen-bond donors (Lipinski definition) is 1. The average molecular weight is 515 g/mol. The molecule has 0 bridgehead atoms. The first-order valence-electron chi connectivity index (χ1n) is 11.5. The molecule has 0 spiro atoms. The van der Waals surface area contributed by atoms with Gasteiger partial charge in [0, 0.05) is 49.5 Å². The van der Waals surface area contributed by atoms with Crippen molar-refractivity contribution in [2.75, 3.05) is 7.11 Å². The summed E-state index contributed by atoms with van der Waals surface area (Å²) in [6.45, 7) is 0. The van der Waals surface area contributed by atoms with E-state index in [2.05, 4.69) is 10.1 Å². The van der Waals surface area contributed by atoms with E-state index in [0.717, 1.165) is 12.1 Å². The lowest BCUT2D eigenvalue weighted by Crippen LogP contribution is -2.32. The van der Waals surface area contributed by atoms with Crippen molar-refractivity contribution in [3.05, 3.63) is 99.7 Å². The van der Waals surface area contributed by atoms with Crippen LogP contribution in [0.2, 0.25) is 0 Å². The van der Waals surface area contributed by atoms with Gasteiger partial charge in [-0.15, -0.1) is 0 Å². The molecule has 0 saturated heterocycles. The fraction of sp³-hybridized carbons (Fsp3) is 0.185. The highest BCUT2D eigenvalue weighted by Crippen LogP contribution is 2.32. The second-order valence-electron chi connectivity index (χ2n) is 8.56. The fourth-order valence-electron chi connectivity index (χ4n) is 4.11. The van der Waals surface area contributed by atoms with Crippen molar-refractivity contribution >= 4 is 11.7 Å². The van der Waals surface area contributed by atoms with Gasteiger partial charge in [0.15, 0.2) is 5.78 Å². The number of aromatic nitrogens is 4. The van der Waals surface area contributed by atoms with Crippen LogP contribution in [0.25, 0.3) is 11.1 Å². The van der Waals surface area contributed by atoms with E-state index in [0.29, 0.717) is 11.3 Å². The molecule has 3 heterocycles. The molecule has 2 N–H and O–H groups in total. The lowest BCUT2D eigenvalue weighted by molar-refractivity contribution is -0.121. The van der Waals surface area contributed by atoms with Crippen LogP contribution in [0, 0.1) is 17.1 Å². The number of hydrogen-bond acceptors (Lipinski definition) is 7. The zero-order chi connectivity index (χ0) is 27.4. The van der Waals surface area contributed by atoms with Crippen LogP contribution in [0.15, 0.2) is 65.8 Å². The van der Waals surface area contributed by atoms with Gasteiger partial charge in [-0.3, -0.25) is 24.0 Å². The maximum Gasteiger partial charge on any atom is 0.267 e. The zero-order valence-corrected chi connectivity index (χ0v) is 20.6. The van der Waals surface area contributed by atoms with E-state index in [1.807, 2.05) is 6.07 Å². The van der Waals surface area contributed by atoms with Crippen LogP contribution in [0.4, 0.5) is 4.39 Å². The van der Waals surface area contributed by atoms with Gasteiger partial charge >= 0.3 is 0 Å². The Labute approximate surface area is 216 Å². The number of carbonyl (C=O) groups is 2. The summed E-state index contributed by atoms with van der Waals surface area (Å²) in [6, 6.07) is 10.6. The number of pyridine rings is 2. The minimum atomic E-state index is -0.973. The number of carbonyl (C=O) groups excluding carboxylic acids is 2. The van der Waals surface area contributed by atoms with Crippen molar-refractivity contribution in [3.8, 4) is 22.9 Å². The number of rotatable bonds is 9. The third-order valence-electron chi connectivity index (χ3n) is 5.99. The largest absolute Gasteiger partial charge is 0.495 e. The molecule has 38 heavy (non-hydrogen) atoms. The van der Waals surface area contributed by atoms with Crippen LogP contribution in [-0.2, 0) is 24.7 Å². The van der Waals surface area contributed by atoms with Crippen molar-refractivity contribution in [2.24, 2.45) is 12.8 Å². The Morgan fingerprint density at radius 3 is 2.58 bits per heavy atom. The second kappa shape index (κ2) is 10.9. The van der Waals surface area contributed by atoms with Gasteiger partial charge in [-0.25, -0.2) is 4.39 Å². The lowest BCUT2D eigenvalue weighted by Gasteiger charge is -2.20. The molecule has 4 rings (SSSR count). The number of halogens is 1. The summed E-state index contributed by atoms with van der Waals surface area (Å²) >= 11 is 0. The summed E-state index contributed by atoms with van der Waals surface area (Å²) in [6.07, 6.45) is 4.52. The van der Waals surface area contributed by atoms with E-state index in [4.69, 9.17) is 10.5 Å². The van der Waals surface area contributed by atoms with E-state index < -0.39 is 23.3 Å². The van der Waals surface area contributed by atoms with Gasteiger partial charge in [-0.05, 0) is 35.9 Å². The van der Waals surface area contributed by atoms with Crippen LogP contribution in [0.3, 0.4) is 0 Å². The third kappa shape index (κ3) is 5.49. The molecule has 1 atom stereocenters. The molecule has 0 radical (unpaired) electrons. The summed E-state index contributed by atoms with van der Waals surface area (Å²) in [5.41, 5.74) is 6.44. The van der Waals surface area contributed by atoms with Crippen molar-refractivity contribution < 1.29 is 18.7 Å². The van der Waals surface area contributed by atoms with E-state index in [1.54, 1.807) is 30.1 Å². The Bertz CT molecular complexity index is 1620. The molecule has 11 heteroatoms. The van der Waals surface area contributed by atoms with E-state index >= 15 is 0 Å². The number of nitriles is 1. The Morgan fingerprint density at radius 2 is 1.97 bits per heavy atom. The highest BCUT2D eigenvalue weighted by molar-refractivity contribution is 5.91. The second-order valence-corrected chi connectivity index (χ2v) is 8.56. The number of nitrogens with zero attached hydrogens (tertiary/aromatic N) is 5. The maximum absolute atomic E-state index is 14.0. The quantitative estimate of drug-likeness (QED) is 0.361. The Balaban J connectivity index is 1.78. The molecule has 1 unspecified atom stereocenters. The highest BCUT2D eigenvalue weighted by Gasteiger charge is 2.25. The maximum atomic E-state index is 14.0. The lowest BCUT2D eigenvalue weighted by atomic mass is 9.98. The molecule has 0 aliphatic rings. The predicted octanol–water partition coefficient (Wildman–Crippen LogP) is 2.36. The number of Topliss-reactive ketones (excluding diaryl/α,β-unsaturated/α-hetero) is 1. The van der Waals surface area contributed by atoms with Crippen molar-refractivity contribution in [1.82, 2.24) is 19.3 Å². The van der Waals surface area contributed by atoms with Gasteiger partial charge in [0.25, 0.3) is 11.5 Å². The molecule has 0 aliphatic carbocycles. The normalized spacial score (nSPS) is 11.5. The third-order valence-corrected chi connectivity index (χ3v) is 5.99. The number of amides is 1. The molecule has 0 aliphatic heterocycles. The van der Waals surface area contributed by atoms with Crippen molar-refractivity contribution in [2.45, 2.75) is 18.9 Å². The number of ether oxygens (including phenoxy) is 1. The first kappa shape index (κ1) is 26.0. The average Bonchev–Trinajstić information content (AvgIpc) is 3.32. The zero-order valence-electron chi connectivity index (χ0n) is 20.6. The van der Waals surface area contributed by atoms with E-state index in [-0.39, 0.29) is 46.8 Å². The highest BCUT2D eigenvalue weighted by atomic mass is 19.1. The van der Waals surface area contributed by atoms with Gasteiger partial charge < -0.3 is 15.0 Å². The number of primary amides is 1. The smallest absolute Gasteiger partial charge is 0.267 e. The van der Waals surface area contributed by atoms with Gasteiger partial charge in [0.05, 0.1) is 30.6 Å². The monoisotopic (exact) mass is 514 g/mol. The van der Waals surface area contributed by atoms with Gasteiger partial charge in [-0.2, -0.15) is 10.4 Å². The Hall–Kier alpha value is -5.11. The molecule has 3 aromatic heterocycles. The molecule has 192 valence electrons. The Morgan fingerprint density at radius 1 is 1.18 bits per heavy atom. The topological polar surface area (TPSA) is 146 Å². The van der Waals surface area contributed by atoms with Crippen LogP contribution < -0.4 is 16.0 Å². The van der Waals surface area contributed by atoms with Gasteiger partial charge in [0.1, 0.15) is 23.3 Å². The summed E-state index contributed by atoms with van der Waals surface area (Å²) in [5.74, 6) is -1.40. The molecule has 0 saturated carbocycles. The SMILES string of the molecule is COc1cn(C(Cc2ccn(C)n2)C(=O)Cc2ccc(C(N)=O)nc2)c(=O)cc1-c1cc(F)ccc1C#N. The number of ketones is 1.